The van der Waals surface area contributed by atoms with Crippen LogP contribution in [0.1, 0.15) is 19.8 Å². The Morgan fingerprint density at radius 1 is 1.43 bits per heavy atom. The van der Waals surface area contributed by atoms with E-state index < -0.39 is 10.0 Å². The first-order valence-corrected chi connectivity index (χ1v) is 7.36. The van der Waals surface area contributed by atoms with E-state index in [9.17, 15) is 8.42 Å². The third-order valence-corrected chi connectivity index (χ3v) is 5.24. The fourth-order valence-electron chi connectivity index (χ4n) is 1.36. The Balaban J connectivity index is 2.43. The van der Waals surface area contributed by atoms with Crippen molar-refractivity contribution in [3.8, 4) is 0 Å². The summed E-state index contributed by atoms with van der Waals surface area (Å²) in [5.41, 5.74) is 0.0491. The lowest BCUT2D eigenvalue weighted by Crippen LogP contribution is -2.39. The Morgan fingerprint density at radius 3 is 2.50 bits per heavy atom. The van der Waals surface area contributed by atoms with Gasteiger partial charge in [0.25, 0.3) is 0 Å². The van der Waals surface area contributed by atoms with Gasteiger partial charge in [0.15, 0.2) is 0 Å². The lowest BCUT2D eigenvalue weighted by molar-refractivity contribution is 0.0265. The van der Waals surface area contributed by atoms with Gasteiger partial charge >= 0.3 is 0 Å². The highest BCUT2D eigenvalue weighted by molar-refractivity contribution is 9.10. The van der Waals surface area contributed by atoms with Gasteiger partial charge in [-0.2, -0.15) is 0 Å². The van der Waals surface area contributed by atoms with E-state index in [1.807, 2.05) is 0 Å². The molecular weight excluding hydrogens is 270 g/mol. The van der Waals surface area contributed by atoms with Gasteiger partial charge < -0.3 is 4.74 Å². The molecule has 1 aliphatic rings. The second-order valence-corrected chi connectivity index (χ2v) is 7.08. The number of hydrogen-bond donors (Lipinski definition) is 1. The maximum absolute atomic E-state index is 11.2. The van der Waals surface area contributed by atoms with Crippen LogP contribution in [0.25, 0.3) is 0 Å². The van der Waals surface area contributed by atoms with Crippen molar-refractivity contribution in [2.24, 2.45) is 5.41 Å². The highest BCUT2D eigenvalue weighted by Crippen LogP contribution is 2.28. The second-order valence-electron chi connectivity index (χ2n) is 3.97. The van der Waals surface area contributed by atoms with Gasteiger partial charge in [-0.05, 0) is 18.3 Å². The summed E-state index contributed by atoms with van der Waals surface area (Å²) in [5.74, 6) is 0. The fraction of sp³-hybridized carbons (Fsp3) is 1.00. The molecule has 1 saturated heterocycles. The summed E-state index contributed by atoms with van der Waals surface area (Å²) in [5, 5.41) is 0. The third-order valence-electron chi connectivity index (χ3n) is 2.56. The third kappa shape index (κ3) is 3.84. The van der Waals surface area contributed by atoms with Crippen molar-refractivity contribution in [1.82, 2.24) is 4.72 Å². The van der Waals surface area contributed by atoms with E-state index in [-0.39, 0.29) is 10.1 Å². The van der Waals surface area contributed by atoms with Gasteiger partial charge in [0.1, 0.15) is 4.66 Å². The SMILES string of the molecule is CC1(CNS(=O)(=O)CBr)CCOCC1. The minimum atomic E-state index is -3.13. The van der Waals surface area contributed by atoms with Gasteiger partial charge in [-0.3, -0.25) is 0 Å². The van der Waals surface area contributed by atoms with Gasteiger partial charge in [0.05, 0.1) is 0 Å². The van der Waals surface area contributed by atoms with Crippen LogP contribution in [-0.2, 0) is 14.8 Å². The average molecular weight is 286 g/mol. The molecule has 0 aromatic heterocycles. The van der Waals surface area contributed by atoms with Crippen molar-refractivity contribution in [3.63, 3.8) is 0 Å². The van der Waals surface area contributed by atoms with E-state index in [1.165, 1.54) is 0 Å². The number of alkyl halides is 1. The molecule has 0 unspecified atom stereocenters. The molecule has 6 heteroatoms. The predicted octanol–water partition coefficient (Wildman–Crippen LogP) is 1.07. The van der Waals surface area contributed by atoms with Crippen molar-refractivity contribution < 1.29 is 13.2 Å². The summed E-state index contributed by atoms with van der Waals surface area (Å²) in [7, 11) is -3.13. The maximum Gasteiger partial charge on any atom is 0.221 e. The van der Waals surface area contributed by atoms with E-state index >= 15 is 0 Å². The van der Waals surface area contributed by atoms with E-state index in [0.717, 1.165) is 26.1 Å². The predicted molar refractivity (Wildman–Crippen MR) is 58.9 cm³/mol. The molecule has 0 amide bonds. The molecule has 0 bridgehead atoms. The van der Waals surface area contributed by atoms with Gasteiger partial charge in [-0.15, -0.1) is 0 Å². The van der Waals surface area contributed by atoms with Crippen LogP contribution >= 0.6 is 15.9 Å². The summed E-state index contributed by atoms with van der Waals surface area (Å²) in [6, 6.07) is 0. The van der Waals surface area contributed by atoms with Crippen molar-refractivity contribution >= 4 is 26.0 Å². The summed E-state index contributed by atoms with van der Waals surface area (Å²) < 4.78 is 30.2. The molecule has 0 saturated carbocycles. The maximum atomic E-state index is 11.2. The Morgan fingerprint density at radius 2 is 2.00 bits per heavy atom. The lowest BCUT2D eigenvalue weighted by Gasteiger charge is -2.33. The molecule has 84 valence electrons. The lowest BCUT2D eigenvalue weighted by atomic mass is 9.83. The van der Waals surface area contributed by atoms with Crippen LogP contribution in [0, 0.1) is 5.41 Å². The van der Waals surface area contributed by atoms with Crippen LogP contribution in [0.2, 0.25) is 0 Å². The fourth-order valence-corrected chi connectivity index (χ4v) is 2.49. The van der Waals surface area contributed by atoms with Crippen LogP contribution in [0.15, 0.2) is 0 Å². The average Bonchev–Trinajstić information content (AvgIpc) is 2.17. The topological polar surface area (TPSA) is 55.4 Å². The molecule has 0 aromatic rings. The number of nitrogens with one attached hydrogen (secondary N) is 1. The molecule has 0 spiro atoms. The first kappa shape index (κ1) is 12.4. The molecule has 0 radical (unpaired) electrons. The minimum absolute atomic E-state index is 0.0351. The first-order chi connectivity index (χ1) is 6.47. The van der Waals surface area contributed by atoms with E-state index in [0.29, 0.717) is 6.54 Å². The molecule has 1 heterocycles. The van der Waals surface area contributed by atoms with Crippen LogP contribution in [-0.4, -0.2) is 32.8 Å². The van der Waals surface area contributed by atoms with Crippen LogP contribution < -0.4 is 4.72 Å². The first-order valence-electron chi connectivity index (χ1n) is 4.58. The van der Waals surface area contributed by atoms with Crippen molar-refractivity contribution in [2.45, 2.75) is 19.8 Å². The number of ether oxygens (including phenoxy) is 1. The molecule has 0 aliphatic carbocycles. The second kappa shape index (κ2) is 4.92. The van der Waals surface area contributed by atoms with Gasteiger partial charge in [-0.25, -0.2) is 13.1 Å². The monoisotopic (exact) mass is 285 g/mol. The van der Waals surface area contributed by atoms with Crippen LogP contribution in [0.3, 0.4) is 0 Å². The summed E-state index contributed by atoms with van der Waals surface area (Å²) in [4.78, 5) is 0. The normalized spacial score (nSPS) is 22.1. The Labute approximate surface area is 93.6 Å². The largest absolute Gasteiger partial charge is 0.381 e. The zero-order chi connectivity index (χ0) is 10.7. The molecule has 1 rings (SSSR count). The number of hydrogen-bond acceptors (Lipinski definition) is 3. The molecule has 14 heavy (non-hydrogen) atoms. The number of rotatable bonds is 4. The Kier molecular flexibility index (Phi) is 4.36. The Hall–Kier alpha value is 0.350. The molecule has 1 aliphatic heterocycles. The molecule has 1 fully saturated rings. The quantitative estimate of drug-likeness (QED) is 0.787. The summed E-state index contributed by atoms with van der Waals surface area (Å²) in [6.07, 6.45) is 1.83. The van der Waals surface area contributed by atoms with Crippen molar-refractivity contribution in [1.29, 1.82) is 0 Å². The molecule has 4 nitrogen and oxygen atoms in total. The van der Waals surface area contributed by atoms with Crippen molar-refractivity contribution in [2.75, 3.05) is 24.4 Å². The van der Waals surface area contributed by atoms with E-state index in [2.05, 4.69) is 27.6 Å². The molecular formula is C8H16BrNO3S. The van der Waals surface area contributed by atoms with E-state index in [1.54, 1.807) is 0 Å². The minimum Gasteiger partial charge on any atom is -0.381 e. The number of sulfonamides is 1. The summed E-state index contributed by atoms with van der Waals surface area (Å²) >= 11 is 2.94. The van der Waals surface area contributed by atoms with Gasteiger partial charge in [-0.1, -0.05) is 22.9 Å². The smallest absolute Gasteiger partial charge is 0.221 e. The van der Waals surface area contributed by atoms with Crippen LogP contribution in [0.5, 0.6) is 0 Å². The molecule has 0 aromatic carbocycles. The highest BCUT2D eigenvalue weighted by Gasteiger charge is 2.28. The zero-order valence-electron chi connectivity index (χ0n) is 8.25. The van der Waals surface area contributed by atoms with Gasteiger partial charge in [0, 0.05) is 19.8 Å². The highest BCUT2D eigenvalue weighted by atomic mass is 79.9. The summed E-state index contributed by atoms with van der Waals surface area (Å²) in [6.45, 7) is 4.05. The standard InChI is InChI=1S/C8H16BrNO3S/c1-8(2-4-13-5-3-8)6-10-14(11,12)7-9/h10H,2-7H2,1H3. The van der Waals surface area contributed by atoms with E-state index in [4.69, 9.17) is 4.74 Å². The zero-order valence-corrected chi connectivity index (χ0v) is 10.7. The van der Waals surface area contributed by atoms with Crippen molar-refractivity contribution in [3.05, 3.63) is 0 Å². The Bertz CT molecular complexity index is 272. The number of halogens is 1. The molecule has 0 atom stereocenters. The van der Waals surface area contributed by atoms with Gasteiger partial charge in [0.2, 0.25) is 10.0 Å². The van der Waals surface area contributed by atoms with Crippen LogP contribution in [0.4, 0.5) is 0 Å². The molecule has 1 N–H and O–H groups in total.